The van der Waals surface area contributed by atoms with Crippen LogP contribution in [0.25, 0.3) is 5.82 Å². The van der Waals surface area contributed by atoms with Gasteiger partial charge in [0.2, 0.25) is 0 Å². The van der Waals surface area contributed by atoms with E-state index in [1.165, 1.54) is 13.8 Å². The number of aromatic carboxylic acids is 1. The maximum absolute atomic E-state index is 12.6. The van der Waals surface area contributed by atoms with Crippen LogP contribution in [-0.2, 0) is 6.18 Å². The maximum Gasteiger partial charge on any atom is 0.416 e. The number of carboxylic acid groups (broad SMARTS) is 1. The highest BCUT2D eigenvalue weighted by molar-refractivity contribution is 5.90. The molecule has 106 valence electrons. The quantitative estimate of drug-likeness (QED) is 0.921. The van der Waals surface area contributed by atoms with Gasteiger partial charge >= 0.3 is 12.1 Å². The highest BCUT2D eigenvalue weighted by Gasteiger charge is 2.31. The van der Waals surface area contributed by atoms with E-state index in [2.05, 4.69) is 10.1 Å². The van der Waals surface area contributed by atoms with Crippen LogP contribution in [0.1, 0.15) is 27.3 Å². The van der Waals surface area contributed by atoms with Gasteiger partial charge in [-0.2, -0.15) is 18.3 Å². The summed E-state index contributed by atoms with van der Waals surface area (Å²) in [7, 11) is 0. The highest BCUT2D eigenvalue weighted by Crippen LogP contribution is 2.30. The van der Waals surface area contributed by atoms with Crippen LogP contribution in [0.2, 0.25) is 0 Å². The molecule has 0 spiro atoms. The van der Waals surface area contributed by atoms with E-state index < -0.39 is 17.7 Å². The van der Waals surface area contributed by atoms with E-state index in [1.807, 2.05) is 0 Å². The first-order chi connectivity index (χ1) is 9.21. The summed E-state index contributed by atoms with van der Waals surface area (Å²) in [6, 6.07) is 1.67. The molecule has 0 amide bonds. The van der Waals surface area contributed by atoms with Crippen LogP contribution >= 0.6 is 0 Å². The molecule has 0 aliphatic heterocycles. The SMILES string of the molecule is Cc1nn(-c2cc(C(F)(F)F)ccn2)c(C)c1C(=O)O. The number of pyridine rings is 1. The lowest BCUT2D eigenvalue weighted by Crippen LogP contribution is -2.09. The van der Waals surface area contributed by atoms with Crippen LogP contribution in [0.15, 0.2) is 18.3 Å². The van der Waals surface area contributed by atoms with Gasteiger partial charge in [0, 0.05) is 6.20 Å². The van der Waals surface area contributed by atoms with E-state index >= 15 is 0 Å². The summed E-state index contributed by atoms with van der Waals surface area (Å²) in [5.74, 6) is -1.26. The molecule has 0 atom stereocenters. The number of hydrogen-bond donors (Lipinski definition) is 1. The Kier molecular flexibility index (Phi) is 3.24. The molecule has 0 aliphatic carbocycles. The molecule has 1 N–H and O–H groups in total. The van der Waals surface area contributed by atoms with E-state index in [-0.39, 0.29) is 22.8 Å². The number of carboxylic acids is 1. The van der Waals surface area contributed by atoms with Gasteiger partial charge in [-0.25, -0.2) is 14.5 Å². The summed E-state index contributed by atoms with van der Waals surface area (Å²) in [6.45, 7) is 2.94. The van der Waals surface area contributed by atoms with Gasteiger partial charge < -0.3 is 5.11 Å². The Morgan fingerprint density at radius 2 is 2.00 bits per heavy atom. The number of nitrogens with zero attached hydrogens (tertiary/aromatic N) is 3. The zero-order valence-electron chi connectivity index (χ0n) is 10.6. The zero-order valence-corrected chi connectivity index (χ0v) is 10.6. The van der Waals surface area contributed by atoms with Crippen molar-refractivity contribution in [3.05, 3.63) is 40.8 Å². The van der Waals surface area contributed by atoms with Crippen molar-refractivity contribution in [2.75, 3.05) is 0 Å². The number of alkyl halides is 3. The summed E-state index contributed by atoms with van der Waals surface area (Å²) in [5.41, 5.74) is -0.466. The number of hydrogen-bond acceptors (Lipinski definition) is 3. The molecule has 2 heterocycles. The van der Waals surface area contributed by atoms with Crippen LogP contribution < -0.4 is 0 Å². The van der Waals surface area contributed by atoms with Crippen molar-refractivity contribution in [2.45, 2.75) is 20.0 Å². The lowest BCUT2D eigenvalue weighted by Gasteiger charge is -2.09. The molecule has 0 saturated carbocycles. The third kappa shape index (κ3) is 2.36. The number of rotatable bonds is 2. The number of aromatic nitrogens is 3. The second kappa shape index (κ2) is 4.62. The van der Waals surface area contributed by atoms with E-state index in [4.69, 9.17) is 5.11 Å². The molecule has 2 aromatic rings. The lowest BCUT2D eigenvalue weighted by atomic mass is 10.2. The molecule has 0 aromatic carbocycles. The molecule has 5 nitrogen and oxygen atoms in total. The minimum absolute atomic E-state index is 0.0378. The Bertz CT molecular complexity index is 677. The van der Waals surface area contributed by atoms with Crippen molar-refractivity contribution in [1.29, 1.82) is 0 Å². The molecular weight excluding hydrogens is 275 g/mol. The van der Waals surface area contributed by atoms with Gasteiger partial charge in [0.1, 0.15) is 5.56 Å². The molecule has 20 heavy (non-hydrogen) atoms. The Morgan fingerprint density at radius 1 is 1.35 bits per heavy atom. The third-order valence-corrected chi connectivity index (χ3v) is 2.80. The Hall–Kier alpha value is -2.38. The molecule has 0 fully saturated rings. The smallest absolute Gasteiger partial charge is 0.416 e. The largest absolute Gasteiger partial charge is 0.478 e. The fourth-order valence-corrected chi connectivity index (χ4v) is 1.89. The predicted octanol–water partition coefficient (Wildman–Crippen LogP) is 2.60. The van der Waals surface area contributed by atoms with Gasteiger partial charge in [-0.05, 0) is 26.0 Å². The minimum atomic E-state index is -4.50. The van der Waals surface area contributed by atoms with Crippen LogP contribution in [0.5, 0.6) is 0 Å². The first-order valence-electron chi connectivity index (χ1n) is 5.55. The Balaban J connectivity index is 2.58. The fourth-order valence-electron chi connectivity index (χ4n) is 1.89. The standard InChI is InChI=1S/C12H10F3N3O2/c1-6-10(11(19)20)7(2)18(17-6)9-5-8(3-4-16-9)12(13,14)15/h3-5H,1-2H3,(H,19,20). The Labute approximate surface area is 111 Å². The summed E-state index contributed by atoms with van der Waals surface area (Å²) >= 11 is 0. The van der Waals surface area contributed by atoms with E-state index in [0.717, 1.165) is 23.0 Å². The van der Waals surface area contributed by atoms with Crippen LogP contribution in [0.3, 0.4) is 0 Å². The van der Waals surface area contributed by atoms with Crippen LogP contribution in [0, 0.1) is 13.8 Å². The average Bonchev–Trinajstić information content (AvgIpc) is 2.64. The van der Waals surface area contributed by atoms with Crippen LogP contribution in [-0.4, -0.2) is 25.8 Å². The molecule has 0 aliphatic rings. The number of carbonyl (C=O) groups is 1. The average molecular weight is 285 g/mol. The van der Waals surface area contributed by atoms with Crippen molar-refractivity contribution in [2.24, 2.45) is 0 Å². The lowest BCUT2D eigenvalue weighted by molar-refractivity contribution is -0.137. The third-order valence-electron chi connectivity index (χ3n) is 2.80. The normalized spacial score (nSPS) is 11.7. The molecule has 2 aromatic heterocycles. The highest BCUT2D eigenvalue weighted by atomic mass is 19.4. The molecule has 2 rings (SSSR count). The Morgan fingerprint density at radius 3 is 2.50 bits per heavy atom. The van der Waals surface area contributed by atoms with Gasteiger partial charge in [-0.1, -0.05) is 0 Å². The van der Waals surface area contributed by atoms with Crippen molar-refractivity contribution in [3.63, 3.8) is 0 Å². The second-order valence-corrected chi connectivity index (χ2v) is 4.16. The topological polar surface area (TPSA) is 68.0 Å². The molecule has 0 saturated heterocycles. The van der Waals surface area contributed by atoms with Gasteiger partial charge in [-0.15, -0.1) is 0 Å². The van der Waals surface area contributed by atoms with E-state index in [0.29, 0.717) is 0 Å². The minimum Gasteiger partial charge on any atom is -0.478 e. The predicted molar refractivity (Wildman–Crippen MR) is 62.8 cm³/mol. The molecule has 0 bridgehead atoms. The van der Waals surface area contributed by atoms with E-state index in [9.17, 15) is 18.0 Å². The van der Waals surface area contributed by atoms with Crippen molar-refractivity contribution in [3.8, 4) is 5.82 Å². The molecular formula is C12H10F3N3O2. The van der Waals surface area contributed by atoms with Crippen molar-refractivity contribution < 1.29 is 23.1 Å². The summed E-state index contributed by atoms with van der Waals surface area (Å²) in [4.78, 5) is 14.9. The molecule has 8 heteroatoms. The monoisotopic (exact) mass is 285 g/mol. The number of aryl methyl sites for hydroxylation is 1. The number of halogens is 3. The molecule has 0 unspecified atom stereocenters. The van der Waals surface area contributed by atoms with Crippen molar-refractivity contribution in [1.82, 2.24) is 14.8 Å². The molecule has 0 radical (unpaired) electrons. The fraction of sp³-hybridized carbons (Fsp3) is 0.250. The first-order valence-corrected chi connectivity index (χ1v) is 5.55. The maximum atomic E-state index is 12.6. The first kappa shape index (κ1) is 14.0. The van der Waals surface area contributed by atoms with Gasteiger partial charge in [0.05, 0.1) is 17.0 Å². The summed E-state index contributed by atoms with van der Waals surface area (Å²) < 4.78 is 39.0. The van der Waals surface area contributed by atoms with Crippen molar-refractivity contribution >= 4 is 5.97 Å². The van der Waals surface area contributed by atoms with Gasteiger partial charge in [0.15, 0.2) is 5.82 Å². The van der Waals surface area contributed by atoms with Gasteiger partial charge in [0.25, 0.3) is 0 Å². The summed E-state index contributed by atoms with van der Waals surface area (Å²) in [5, 5.41) is 13.0. The summed E-state index contributed by atoms with van der Waals surface area (Å²) in [6.07, 6.45) is -3.49. The zero-order chi connectivity index (χ0) is 15.1. The van der Waals surface area contributed by atoms with E-state index in [1.54, 1.807) is 0 Å². The van der Waals surface area contributed by atoms with Gasteiger partial charge in [-0.3, -0.25) is 0 Å². The van der Waals surface area contributed by atoms with Crippen LogP contribution in [0.4, 0.5) is 13.2 Å². The second-order valence-electron chi connectivity index (χ2n) is 4.16.